The standard InChI is InChI=1S/C6H13N.C2H7N/c1-6-3-4-7(2)5-6;1-2-3/h6H,3-5H2,1-2H3;2-3H2,1H3. The Bertz CT molecular complexity index is 65.7. The van der Waals surface area contributed by atoms with Crippen LogP contribution in [0.1, 0.15) is 20.3 Å². The summed E-state index contributed by atoms with van der Waals surface area (Å²) in [7, 11) is 2.18. The topological polar surface area (TPSA) is 29.3 Å². The molecular formula is C8H20N2. The van der Waals surface area contributed by atoms with Crippen LogP contribution in [0.2, 0.25) is 0 Å². The second kappa shape index (κ2) is 5.69. The highest BCUT2D eigenvalue weighted by Gasteiger charge is 2.13. The van der Waals surface area contributed by atoms with Gasteiger partial charge in [-0.2, -0.15) is 0 Å². The number of likely N-dealkylation sites (tertiary alicyclic amines) is 1. The van der Waals surface area contributed by atoms with Crippen molar-refractivity contribution >= 4 is 0 Å². The first-order chi connectivity index (χ1) is 4.70. The number of hydrogen-bond acceptors (Lipinski definition) is 2. The molecule has 1 fully saturated rings. The van der Waals surface area contributed by atoms with Gasteiger partial charge in [0.25, 0.3) is 0 Å². The van der Waals surface area contributed by atoms with Crippen LogP contribution in [-0.2, 0) is 0 Å². The molecule has 2 heteroatoms. The number of hydrogen-bond donors (Lipinski definition) is 1. The van der Waals surface area contributed by atoms with Crippen molar-refractivity contribution in [2.45, 2.75) is 20.3 Å². The van der Waals surface area contributed by atoms with Crippen molar-refractivity contribution < 1.29 is 0 Å². The minimum atomic E-state index is 0.750. The summed E-state index contributed by atoms with van der Waals surface area (Å²) in [6.07, 6.45) is 1.40. The van der Waals surface area contributed by atoms with Gasteiger partial charge in [-0.15, -0.1) is 0 Å². The predicted octanol–water partition coefficient (Wildman–Crippen LogP) is 0.923. The summed E-state index contributed by atoms with van der Waals surface area (Å²) in [5.74, 6) is 0.949. The molecule has 62 valence electrons. The first-order valence-electron chi connectivity index (χ1n) is 4.09. The van der Waals surface area contributed by atoms with Gasteiger partial charge in [-0.3, -0.25) is 0 Å². The van der Waals surface area contributed by atoms with E-state index in [1.165, 1.54) is 19.5 Å². The van der Waals surface area contributed by atoms with E-state index in [-0.39, 0.29) is 0 Å². The molecule has 0 radical (unpaired) electrons. The molecule has 1 aliphatic rings. The second-order valence-corrected chi connectivity index (χ2v) is 3.06. The lowest BCUT2D eigenvalue weighted by Gasteiger charge is -2.03. The average molecular weight is 144 g/mol. The van der Waals surface area contributed by atoms with Crippen LogP contribution in [0.5, 0.6) is 0 Å². The second-order valence-electron chi connectivity index (χ2n) is 3.06. The summed E-state index contributed by atoms with van der Waals surface area (Å²) in [5.41, 5.74) is 4.85. The third-order valence-corrected chi connectivity index (χ3v) is 1.63. The molecular weight excluding hydrogens is 124 g/mol. The summed E-state index contributed by atoms with van der Waals surface area (Å²) >= 11 is 0. The molecule has 0 aliphatic carbocycles. The van der Waals surface area contributed by atoms with E-state index < -0.39 is 0 Å². The molecule has 1 atom stereocenters. The third-order valence-electron chi connectivity index (χ3n) is 1.63. The maximum atomic E-state index is 4.85. The molecule has 0 saturated carbocycles. The molecule has 1 unspecified atom stereocenters. The smallest absolute Gasteiger partial charge is 0.000445 e. The Morgan fingerprint density at radius 1 is 1.60 bits per heavy atom. The van der Waals surface area contributed by atoms with Crippen molar-refractivity contribution in [2.75, 3.05) is 26.7 Å². The van der Waals surface area contributed by atoms with Crippen molar-refractivity contribution in [1.29, 1.82) is 0 Å². The Balaban J connectivity index is 0.000000236. The molecule has 10 heavy (non-hydrogen) atoms. The maximum Gasteiger partial charge on any atom is 0.000445 e. The van der Waals surface area contributed by atoms with Crippen LogP contribution in [0.25, 0.3) is 0 Å². The number of nitrogens with two attached hydrogens (primary N) is 1. The normalized spacial score (nSPS) is 25.8. The van der Waals surface area contributed by atoms with Gasteiger partial charge >= 0.3 is 0 Å². The van der Waals surface area contributed by atoms with Crippen LogP contribution in [0.15, 0.2) is 0 Å². The number of rotatable bonds is 0. The molecule has 1 rings (SSSR count). The van der Waals surface area contributed by atoms with E-state index in [4.69, 9.17) is 5.73 Å². The predicted molar refractivity (Wildman–Crippen MR) is 46.0 cm³/mol. The van der Waals surface area contributed by atoms with E-state index in [0.29, 0.717) is 0 Å². The zero-order chi connectivity index (χ0) is 7.98. The van der Waals surface area contributed by atoms with E-state index >= 15 is 0 Å². The largest absolute Gasteiger partial charge is 0.331 e. The van der Waals surface area contributed by atoms with Crippen molar-refractivity contribution in [2.24, 2.45) is 11.7 Å². The zero-order valence-electron chi connectivity index (χ0n) is 7.43. The Morgan fingerprint density at radius 3 is 2.20 bits per heavy atom. The summed E-state index contributed by atoms with van der Waals surface area (Å²) < 4.78 is 0. The monoisotopic (exact) mass is 144 g/mol. The van der Waals surface area contributed by atoms with Crippen molar-refractivity contribution in [3.63, 3.8) is 0 Å². The van der Waals surface area contributed by atoms with Gasteiger partial charge in [0, 0.05) is 6.54 Å². The fraction of sp³-hybridized carbons (Fsp3) is 1.00. The van der Waals surface area contributed by atoms with E-state index in [1.54, 1.807) is 0 Å². The first-order valence-corrected chi connectivity index (χ1v) is 4.09. The van der Waals surface area contributed by atoms with Crippen LogP contribution < -0.4 is 5.73 Å². The molecule has 0 aromatic heterocycles. The van der Waals surface area contributed by atoms with E-state index in [2.05, 4.69) is 18.9 Å². The molecule has 0 amide bonds. The van der Waals surface area contributed by atoms with Crippen LogP contribution in [0, 0.1) is 5.92 Å². The highest BCUT2D eigenvalue weighted by Crippen LogP contribution is 2.11. The lowest BCUT2D eigenvalue weighted by molar-refractivity contribution is 0.402. The Hall–Kier alpha value is -0.0800. The molecule has 2 N–H and O–H groups in total. The zero-order valence-corrected chi connectivity index (χ0v) is 7.43. The van der Waals surface area contributed by atoms with E-state index in [0.717, 1.165) is 12.5 Å². The molecule has 0 spiro atoms. The lowest BCUT2D eigenvalue weighted by atomic mass is 10.2. The molecule has 0 aromatic rings. The Labute approximate surface area is 64.4 Å². The fourth-order valence-electron chi connectivity index (χ4n) is 1.16. The van der Waals surface area contributed by atoms with Gasteiger partial charge < -0.3 is 10.6 Å². The van der Waals surface area contributed by atoms with Crippen molar-refractivity contribution in [3.05, 3.63) is 0 Å². The Kier molecular flexibility index (Phi) is 5.64. The van der Waals surface area contributed by atoms with Gasteiger partial charge in [0.15, 0.2) is 0 Å². The van der Waals surface area contributed by atoms with Gasteiger partial charge in [0.1, 0.15) is 0 Å². The fourth-order valence-corrected chi connectivity index (χ4v) is 1.16. The lowest BCUT2D eigenvalue weighted by Crippen LogP contribution is -2.12. The molecule has 0 aromatic carbocycles. The van der Waals surface area contributed by atoms with Gasteiger partial charge in [0.2, 0.25) is 0 Å². The SMILES string of the molecule is CC1CCN(C)C1.CCN. The first kappa shape index (κ1) is 9.92. The van der Waals surface area contributed by atoms with Crippen LogP contribution in [0.3, 0.4) is 0 Å². The summed E-state index contributed by atoms with van der Waals surface area (Å²) in [5, 5.41) is 0. The number of nitrogens with zero attached hydrogens (tertiary/aromatic N) is 1. The molecule has 2 nitrogen and oxygen atoms in total. The summed E-state index contributed by atoms with van der Waals surface area (Å²) in [4.78, 5) is 2.38. The molecule has 0 bridgehead atoms. The average Bonchev–Trinajstić information content (AvgIpc) is 2.17. The van der Waals surface area contributed by atoms with E-state index in [1.807, 2.05) is 6.92 Å². The van der Waals surface area contributed by atoms with Crippen LogP contribution in [-0.4, -0.2) is 31.6 Å². The van der Waals surface area contributed by atoms with Gasteiger partial charge in [-0.25, -0.2) is 0 Å². The van der Waals surface area contributed by atoms with Gasteiger partial charge in [-0.05, 0) is 32.5 Å². The highest BCUT2D eigenvalue weighted by atomic mass is 15.1. The molecule has 1 heterocycles. The minimum absolute atomic E-state index is 0.750. The summed E-state index contributed by atoms with van der Waals surface area (Å²) in [6, 6.07) is 0. The Morgan fingerprint density at radius 2 is 2.10 bits per heavy atom. The van der Waals surface area contributed by atoms with Crippen molar-refractivity contribution in [1.82, 2.24) is 4.90 Å². The quantitative estimate of drug-likeness (QED) is 0.548. The molecule has 1 saturated heterocycles. The van der Waals surface area contributed by atoms with Crippen LogP contribution >= 0.6 is 0 Å². The van der Waals surface area contributed by atoms with Gasteiger partial charge in [-0.1, -0.05) is 13.8 Å². The van der Waals surface area contributed by atoms with Crippen molar-refractivity contribution in [3.8, 4) is 0 Å². The summed E-state index contributed by atoms with van der Waals surface area (Å²) in [6.45, 7) is 7.57. The minimum Gasteiger partial charge on any atom is -0.331 e. The van der Waals surface area contributed by atoms with Gasteiger partial charge in [0.05, 0.1) is 0 Å². The molecule has 1 aliphatic heterocycles. The highest BCUT2D eigenvalue weighted by molar-refractivity contribution is 4.67. The van der Waals surface area contributed by atoms with Crippen LogP contribution in [0.4, 0.5) is 0 Å². The third kappa shape index (κ3) is 4.77. The van der Waals surface area contributed by atoms with E-state index in [9.17, 15) is 0 Å². The maximum absolute atomic E-state index is 4.85.